The number of hydrogen-bond acceptors (Lipinski definition) is 6. The number of rotatable bonds is 12. The van der Waals surface area contributed by atoms with Crippen molar-refractivity contribution >= 4 is 32.9 Å². The van der Waals surface area contributed by atoms with Crippen molar-refractivity contribution < 1.29 is 22.7 Å². The third-order valence-electron chi connectivity index (χ3n) is 4.76. The second-order valence-corrected chi connectivity index (χ2v) is 8.77. The van der Waals surface area contributed by atoms with Gasteiger partial charge in [-0.2, -0.15) is 0 Å². The first-order valence-corrected chi connectivity index (χ1v) is 11.9. The number of anilines is 1. The second kappa shape index (κ2) is 11.2. The number of hydrogen-bond donors (Lipinski definition) is 2. The van der Waals surface area contributed by atoms with E-state index in [4.69, 9.17) is 9.47 Å². The van der Waals surface area contributed by atoms with Gasteiger partial charge in [0, 0.05) is 39.0 Å². The predicted octanol–water partition coefficient (Wildman–Crippen LogP) is 2.64. The van der Waals surface area contributed by atoms with Crippen molar-refractivity contribution in [1.29, 1.82) is 0 Å². The number of ether oxygens (including phenoxy) is 2. The van der Waals surface area contributed by atoms with E-state index in [2.05, 4.69) is 15.0 Å². The Morgan fingerprint density at radius 3 is 2.72 bits per heavy atom. The lowest BCUT2D eigenvalue weighted by molar-refractivity contribution is 0.102. The molecule has 0 spiro atoms. The van der Waals surface area contributed by atoms with Gasteiger partial charge in [-0.05, 0) is 43.7 Å². The van der Waals surface area contributed by atoms with Crippen LogP contribution in [0.15, 0.2) is 53.4 Å². The molecule has 1 heterocycles. The molecule has 0 saturated carbocycles. The zero-order valence-corrected chi connectivity index (χ0v) is 19.0. The third-order valence-corrected chi connectivity index (χ3v) is 6.22. The molecule has 0 radical (unpaired) electrons. The van der Waals surface area contributed by atoms with Gasteiger partial charge in [0.2, 0.25) is 16.0 Å². The van der Waals surface area contributed by atoms with Gasteiger partial charge in [-0.1, -0.05) is 18.2 Å². The van der Waals surface area contributed by atoms with Crippen molar-refractivity contribution in [2.75, 3.05) is 38.8 Å². The quantitative estimate of drug-likeness (QED) is 0.402. The highest BCUT2D eigenvalue weighted by molar-refractivity contribution is 7.89. The third kappa shape index (κ3) is 5.92. The second-order valence-electron chi connectivity index (χ2n) is 7.00. The fraction of sp³-hybridized carbons (Fsp3) is 0.364. The van der Waals surface area contributed by atoms with E-state index in [0.29, 0.717) is 25.7 Å². The standard InChI is InChI=1S/C22H28N4O5S/c1-3-31-14-7-13-26-20-11-5-4-10-19(20)24-22(26)25-21(27)17-8-6-9-18(16-17)32(28,29)23-12-15-30-2/h4-6,8-11,16,23H,3,7,12-15H2,1-2H3,(H,24,25,27). The SMILES string of the molecule is CCOCCCn1c(NC(=O)c2cccc(S(=O)(=O)NCCOC)c2)nc2ccccc21. The molecule has 0 aliphatic rings. The van der Waals surface area contributed by atoms with Crippen LogP contribution in [0.25, 0.3) is 11.0 Å². The van der Waals surface area contributed by atoms with Gasteiger partial charge in [-0.15, -0.1) is 0 Å². The van der Waals surface area contributed by atoms with Gasteiger partial charge in [0.15, 0.2) is 0 Å². The number of para-hydroxylation sites is 2. The van der Waals surface area contributed by atoms with E-state index in [-0.39, 0.29) is 23.6 Å². The van der Waals surface area contributed by atoms with Gasteiger partial charge in [0.25, 0.3) is 5.91 Å². The Morgan fingerprint density at radius 1 is 1.12 bits per heavy atom. The molecule has 0 aliphatic carbocycles. The van der Waals surface area contributed by atoms with E-state index in [9.17, 15) is 13.2 Å². The first kappa shape index (κ1) is 23.9. The lowest BCUT2D eigenvalue weighted by Crippen LogP contribution is -2.27. The molecule has 0 fully saturated rings. The van der Waals surface area contributed by atoms with Crippen LogP contribution in [0.4, 0.5) is 5.95 Å². The van der Waals surface area contributed by atoms with Crippen LogP contribution in [0.3, 0.4) is 0 Å². The fourth-order valence-corrected chi connectivity index (χ4v) is 4.26. The van der Waals surface area contributed by atoms with Gasteiger partial charge >= 0.3 is 0 Å². The summed E-state index contributed by atoms with van der Waals surface area (Å²) in [5, 5.41) is 2.83. The molecule has 2 aromatic carbocycles. The Morgan fingerprint density at radius 2 is 1.94 bits per heavy atom. The molecule has 0 aliphatic heterocycles. The van der Waals surface area contributed by atoms with Crippen molar-refractivity contribution in [1.82, 2.24) is 14.3 Å². The lowest BCUT2D eigenvalue weighted by atomic mass is 10.2. The number of fused-ring (bicyclic) bond motifs is 1. The molecular formula is C22H28N4O5S. The molecule has 0 atom stereocenters. The smallest absolute Gasteiger partial charge is 0.258 e. The zero-order valence-electron chi connectivity index (χ0n) is 18.2. The molecule has 3 aromatic rings. The Kier molecular flexibility index (Phi) is 8.34. The summed E-state index contributed by atoms with van der Waals surface area (Å²) in [4.78, 5) is 17.5. The number of methoxy groups -OCH3 is 1. The number of benzene rings is 2. The summed E-state index contributed by atoms with van der Waals surface area (Å²) in [5.74, 6) is -0.0421. The largest absolute Gasteiger partial charge is 0.383 e. The normalized spacial score (nSPS) is 11.7. The molecule has 32 heavy (non-hydrogen) atoms. The number of amides is 1. The topological polar surface area (TPSA) is 112 Å². The van der Waals surface area contributed by atoms with Crippen molar-refractivity contribution in [3.8, 4) is 0 Å². The van der Waals surface area contributed by atoms with Crippen LogP contribution in [-0.4, -0.2) is 57.4 Å². The molecule has 2 N–H and O–H groups in total. The highest BCUT2D eigenvalue weighted by Crippen LogP contribution is 2.21. The van der Waals surface area contributed by atoms with Crippen LogP contribution in [0, 0.1) is 0 Å². The monoisotopic (exact) mass is 460 g/mol. The van der Waals surface area contributed by atoms with Crippen LogP contribution in [-0.2, 0) is 26.0 Å². The molecule has 172 valence electrons. The summed E-state index contributed by atoms with van der Waals surface area (Å²) in [7, 11) is -2.26. The number of carbonyl (C=O) groups is 1. The Hall–Kier alpha value is -2.79. The van der Waals surface area contributed by atoms with Crippen molar-refractivity contribution in [3.63, 3.8) is 0 Å². The molecule has 0 saturated heterocycles. The summed E-state index contributed by atoms with van der Waals surface area (Å²) in [6.07, 6.45) is 0.762. The Balaban J connectivity index is 1.81. The van der Waals surface area contributed by atoms with Gasteiger partial charge in [-0.3, -0.25) is 10.1 Å². The minimum Gasteiger partial charge on any atom is -0.383 e. The number of imidazole rings is 1. The minimum absolute atomic E-state index is 0.00599. The van der Waals surface area contributed by atoms with Gasteiger partial charge < -0.3 is 14.0 Å². The fourth-order valence-electron chi connectivity index (χ4n) is 3.21. The highest BCUT2D eigenvalue weighted by Gasteiger charge is 2.18. The molecule has 0 bridgehead atoms. The number of aromatic nitrogens is 2. The van der Waals surface area contributed by atoms with Crippen LogP contribution in [0.5, 0.6) is 0 Å². The van der Waals surface area contributed by atoms with Gasteiger partial charge in [0.05, 0.1) is 22.5 Å². The van der Waals surface area contributed by atoms with E-state index in [1.807, 2.05) is 35.8 Å². The maximum absolute atomic E-state index is 12.9. The van der Waals surface area contributed by atoms with Crippen molar-refractivity contribution in [3.05, 3.63) is 54.1 Å². The van der Waals surface area contributed by atoms with Crippen LogP contribution < -0.4 is 10.0 Å². The maximum atomic E-state index is 12.9. The van der Waals surface area contributed by atoms with E-state index in [1.54, 1.807) is 6.07 Å². The Labute approximate surface area is 187 Å². The number of nitrogens with one attached hydrogen (secondary N) is 2. The van der Waals surface area contributed by atoms with Gasteiger partial charge in [-0.25, -0.2) is 18.1 Å². The van der Waals surface area contributed by atoms with Crippen molar-refractivity contribution in [2.24, 2.45) is 0 Å². The van der Waals surface area contributed by atoms with Crippen LogP contribution in [0.1, 0.15) is 23.7 Å². The van der Waals surface area contributed by atoms with Crippen LogP contribution >= 0.6 is 0 Å². The molecular weight excluding hydrogens is 432 g/mol. The molecule has 1 aromatic heterocycles. The average Bonchev–Trinajstić information content (AvgIpc) is 3.14. The Bertz CT molecular complexity index is 1160. The van der Waals surface area contributed by atoms with Crippen LogP contribution in [0.2, 0.25) is 0 Å². The average molecular weight is 461 g/mol. The zero-order chi connectivity index (χ0) is 23.0. The number of nitrogens with zero attached hydrogens (tertiary/aromatic N) is 2. The molecule has 9 nitrogen and oxygen atoms in total. The number of sulfonamides is 1. The molecule has 1 amide bonds. The molecule has 0 unspecified atom stereocenters. The summed E-state index contributed by atoms with van der Waals surface area (Å²) in [6, 6.07) is 13.5. The van der Waals surface area contributed by atoms with Crippen molar-refractivity contribution in [2.45, 2.75) is 24.8 Å². The molecule has 3 rings (SSSR count). The number of carbonyl (C=O) groups excluding carboxylic acids is 1. The first-order valence-electron chi connectivity index (χ1n) is 10.4. The summed E-state index contributed by atoms with van der Waals surface area (Å²) in [6.45, 7) is 4.20. The van der Waals surface area contributed by atoms with E-state index >= 15 is 0 Å². The predicted molar refractivity (Wildman–Crippen MR) is 122 cm³/mol. The number of aryl methyl sites for hydroxylation is 1. The van der Waals surface area contributed by atoms with Gasteiger partial charge in [0.1, 0.15) is 0 Å². The summed E-state index contributed by atoms with van der Waals surface area (Å²) < 4.78 is 39.6. The van der Waals surface area contributed by atoms with E-state index < -0.39 is 15.9 Å². The first-order chi connectivity index (χ1) is 15.5. The summed E-state index contributed by atoms with van der Waals surface area (Å²) in [5.41, 5.74) is 1.88. The molecule has 10 heteroatoms. The minimum atomic E-state index is -3.75. The maximum Gasteiger partial charge on any atom is 0.258 e. The van der Waals surface area contributed by atoms with E-state index in [1.165, 1.54) is 25.3 Å². The highest BCUT2D eigenvalue weighted by atomic mass is 32.2. The van der Waals surface area contributed by atoms with E-state index in [0.717, 1.165) is 17.5 Å². The summed E-state index contributed by atoms with van der Waals surface area (Å²) >= 11 is 0. The lowest BCUT2D eigenvalue weighted by Gasteiger charge is -2.11.